The fourth-order valence-corrected chi connectivity index (χ4v) is 3.94. The molecule has 1 aliphatic heterocycles. The Kier molecular flexibility index (Phi) is 6.78. The van der Waals surface area contributed by atoms with Gasteiger partial charge < -0.3 is 20.4 Å². The minimum Gasteiger partial charge on any atom is -0.344 e. The summed E-state index contributed by atoms with van der Waals surface area (Å²) in [5, 5.41) is 19.3. The van der Waals surface area contributed by atoms with Crippen LogP contribution in [-0.4, -0.2) is 64.2 Å². The van der Waals surface area contributed by atoms with Crippen LogP contribution in [0.5, 0.6) is 0 Å². The molecule has 166 valence electrons. The minimum absolute atomic E-state index is 0.290. The molecule has 0 saturated carbocycles. The van der Waals surface area contributed by atoms with Crippen molar-refractivity contribution >= 4 is 62.2 Å². The van der Waals surface area contributed by atoms with Crippen molar-refractivity contribution in [3.8, 4) is 0 Å². The van der Waals surface area contributed by atoms with Crippen molar-refractivity contribution in [3.63, 3.8) is 0 Å². The highest BCUT2D eigenvalue weighted by molar-refractivity contribution is 7.19. The van der Waals surface area contributed by atoms with Crippen molar-refractivity contribution in [2.45, 2.75) is 0 Å². The summed E-state index contributed by atoms with van der Waals surface area (Å²) >= 11 is 7.73. The molecule has 1 amide bonds. The largest absolute Gasteiger partial charge is 0.344 e. The van der Waals surface area contributed by atoms with Gasteiger partial charge in [0.15, 0.2) is 5.82 Å². The van der Waals surface area contributed by atoms with Crippen molar-refractivity contribution in [2.24, 2.45) is 0 Å². The summed E-state index contributed by atoms with van der Waals surface area (Å²) in [5.74, 6) is 0.468. The summed E-state index contributed by atoms with van der Waals surface area (Å²) in [4.78, 5) is 24.7. The van der Waals surface area contributed by atoms with Gasteiger partial charge in [-0.05, 0) is 31.3 Å². The number of halogens is 1. The molecule has 1 aliphatic rings. The van der Waals surface area contributed by atoms with Crippen LogP contribution in [0.15, 0.2) is 43.1 Å². The first-order valence-electron chi connectivity index (χ1n) is 9.87. The van der Waals surface area contributed by atoms with Crippen LogP contribution >= 0.6 is 22.9 Å². The molecule has 0 radical (unpaired) electrons. The maximum atomic E-state index is 11.5. The van der Waals surface area contributed by atoms with E-state index < -0.39 is 0 Å². The SMILES string of the molecule is C=CC(=O)Nc1cccc(Nc2nc(Nc3nnc(N4CCN(C)CC4)s3)ncc2Cl)c1. The zero-order valence-electron chi connectivity index (χ0n) is 17.4. The summed E-state index contributed by atoms with van der Waals surface area (Å²) in [6.07, 6.45) is 2.72. The summed E-state index contributed by atoms with van der Waals surface area (Å²) in [6.45, 7) is 7.28. The Balaban J connectivity index is 1.45. The highest BCUT2D eigenvalue weighted by Crippen LogP contribution is 2.29. The molecule has 10 nitrogen and oxygen atoms in total. The number of anilines is 6. The Morgan fingerprint density at radius 2 is 1.97 bits per heavy atom. The van der Waals surface area contributed by atoms with Gasteiger partial charge in [-0.25, -0.2) is 4.98 Å². The quantitative estimate of drug-likeness (QED) is 0.446. The zero-order chi connectivity index (χ0) is 22.5. The number of rotatable bonds is 7. The predicted molar refractivity (Wildman–Crippen MR) is 128 cm³/mol. The van der Waals surface area contributed by atoms with Crippen LogP contribution in [0, 0.1) is 0 Å². The molecule has 3 heterocycles. The number of hydrogen-bond acceptors (Lipinski definition) is 10. The van der Waals surface area contributed by atoms with Crippen molar-refractivity contribution in [1.29, 1.82) is 0 Å². The second kappa shape index (κ2) is 9.90. The molecular weight excluding hydrogens is 450 g/mol. The van der Waals surface area contributed by atoms with Gasteiger partial charge in [-0.1, -0.05) is 35.6 Å². The Morgan fingerprint density at radius 3 is 2.75 bits per heavy atom. The molecule has 0 spiro atoms. The minimum atomic E-state index is -0.290. The highest BCUT2D eigenvalue weighted by atomic mass is 35.5. The molecule has 32 heavy (non-hydrogen) atoms. The van der Waals surface area contributed by atoms with Gasteiger partial charge in [-0.2, -0.15) is 4.98 Å². The number of hydrogen-bond donors (Lipinski definition) is 3. The van der Waals surface area contributed by atoms with Crippen LogP contribution in [0.3, 0.4) is 0 Å². The number of aromatic nitrogens is 4. The van der Waals surface area contributed by atoms with Gasteiger partial charge in [0.1, 0.15) is 5.02 Å². The smallest absolute Gasteiger partial charge is 0.247 e. The number of likely N-dealkylation sites (N-methyl/N-ethyl adjacent to an activating group) is 1. The van der Waals surface area contributed by atoms with E-state index >= 15 is 0 Å². The standard InChI is InChI=1S/C20H22ClN9OS/c1-3-16(31)23-13-5-4-6-14(11-13)24-17-15(21)12-22-18(25-17)26-19-27-28-20(32-19)30-9-7-29(2)8-10-30/h3-6,11-12H,1,7-10H2,2H3,(H,23,31)(H2,22,24,25,26,27). The van der Waals surface area contributed by atoms with Crippen LogP contribution < -0.4 is 20.9 Å². The Bertz CT molecular complexity index is 1110. The molecule has 3 aromatic rings. The molecule has 4 rings (SSSR count). The Labute approximate surface area is 194 Å². The number of piperazine rings is 1. The second-order valence-corrected chi connectivity index (χ2v) is 8.46. The van der Waals surface area contributed by atoms with Crippen molar-refractivity contribution < 1.29 is 4.79 Å². The lowest BCUT2D eigenvalue weighted by Gasteiger charge is -2.31. The first-order valence-corrected chi connectivity index (χ1v) is 11.1. The van der Waals surface area contributed by atoms with Crippen LogP contribution in [0.4, 0.5) is 33.4 Å². The van der Waals surface area contributed by atoms with E-state index in [2.05, 4.69) is 59.5 Å². The van der Waals surface area contributed by atoms with Gasteiger partial charge >= 0.3 is 0 Å². The molecule has 1 saturated heterocycles. The predicted octanol–water partition coefficient (Wildman–Crippen LogP) is 3.35. The molecule has 2 aromatic heterocycles. The Morgan fingerprint density at radius 1 is 1.19 bits per heavy atom. The molecule has 0 aliphatic carbocycles. The molecule has 12 heteroatoms. The first kappa shape index (κ1) is 21.9. The zero-order valence-corrected chi connectivity index (χ0v) is 18.9. The van der Waals surface area contributed by atoms with E-state index in [9.17, 15) is 4.79 Å². The van der Waals surface area contributed by atoms with Crippen LogP contribution in [0.1, 0.15) is 0 Å². The summed E-state index contributed by atoms with van der Waals surface area (Å²) in [7, 11) is 2.11. The highest BCUT2D eigenvalue weighted by Gasteiger charge is 2.18. The lowest BCUT2D eigenvalue weighted by Crippen LogP contribution is -2.44. The van der Waals surface area contributed by atoms with Crippen molar-refractivity contribution in [2.75, 3.05) is 54.1 Å². The third-order valence-corrected chi connectivity index (χ3v) is 5.91. The topological polar surface area (TPSA) is 111 Å². The van der Waals surface area contributed by atoms with Crippen LogP contribution in [-0.2, 0) is 4.79 Å². The Hall–Kier alpha value is -3.28. The van der Waals surface area contributed by atoms with Crippen LogP contribution in [0.25, 0.3) is 0 Å². The van der Waals surface area contributed by atoms with Gasteiger partial charge in [0.2, 0.25) is 22.1 Å². The number of benzene rings is 1. The number of nitrogens with zero attached hydrogens (tertiary/aromatic N) is 6. The van der Waals surface area contributed by atoms with Crippen LogP contribution in [0.2, 0.25) is 5.02 Å². The van der Waals surface area contributed by atoms with Gasteiger partial charge in [0.05, 0.1) is 6.20 Å². The molecule has 0 atom stereocenters. The van der Waals surface area contributed by atoms with Gasteiger partial charge in [-0.3, -0.25) is 10.1 Å². The number of nitrogens with one attached hydrogen (secondary N) is 3. The fraction of sp³-hybridized carbons (Fsp3) is 0.250. The molecule has 1 aromatic carbocycles. The van der Waals surface area contributed by atoms with Gasteiger partial charge in [0, 0.05) is 37.6 Å². The number of carbonyl (C=O) groups excluding carboxylic acids is 1. The van der Waals surface area contributed by atoms with E-state index in [1.165, 1.54) is 23.6 Å². The van der Waals surface area contributed by atoms with E-state index in [4.69, 9.17) is 11.6 Å². The van der Waals surface area contributed by atoms with Gasteiger partial charge in [0.25, 0.3) is 0 Å². The fourth-order valence-electron chi connectivity index (χ4n) is 3.01. The summed E-state index contributed by atoms with van der Waals surface area (Å²) in [6, 6.07) is 7.17. The van der Waals surface area contributed by atoms with Crippen molar-refractivity contribution in [3.05, 3.63) is 48.1 Å². The number of carbonyl (C=O) groups is 1. The lowest BCUT2D eigenvalue weighted by atomic mass is 10.2. The summed E-state index contributed by atoms with van der Waals surface area (Å²) in [5.41, 5.74) is 1.32. The average Bonchev–Trinajstić information content (AvgIpc) is 3.25. The third kappa shape index (κ3) is 5.49. The average molecular weight is 472 g/mol. The second-order valence-electron chi connectivity index (χ2n) is 7.09. The first-order chi connectivity index (χ1) is 15.5. The van der Waals surface area contributed by atoms with Gasteiger partial charge in [-0.15, -0.1) is 10.2 Å². The van der Waals surface area contributed by atoms with E-state index in [-0.39, 0.29) is 5.91 Å². The van der Waals surface area contributed by atoms with E-state index in [0.29, 0.717) is 33.3 Å². The molecule has 0 bridgehead atoms. The third-order valence-electron chi connectivity index (χ3n) is 4.73. The van der Waals surface area contributed by atoms with E-state index in [1.54, 1.807) is 18.2 Å². The van der Waals surface area contributed by atoms with E-state index in [0.717, 1.165) is 31.3 Å². The number of amides is 1. The maximum absolute atomic E-state index is 11.5. The molecule has 1 fully saturated rings. The maximum Gasteiger partial charge on any atom is 0.247 e. The lowest BCUT2D eigenvalue weighted by molar-refractivity contribution is -0.111. The monoisotopic (exact) mass is 471 g/mol. The normalized spacial score (nSPS) is 14.1. The van der Waals surface area contributed by atoms with E-state index in [1.807, 2.05) is 6.07 Å². The van der Waals surface area contributed by atoms with Crippen molar-refractivity contribution in [1.82, 2.24) is 25.1 Å². The molecule has 3 N–H and O–H groups in total. The molecular formula is C20H22ClN9OS. The molecule has 0 unspecified atom stereocenters. The summed E-state index contributed by atoms with van der Waals surface area (Å²) < 4.78 is 0.